The Hall–Kier alpha value is -3.10. The zero-order chi connectivity index (χ0) is 27.5. The fourth-order valence-electron chi connectivity index (χ4n) is 5.01. The van der Waals surface area contributed by atoms with Crippen LogP contribution < -0.4 is 20.7 Å². The van der Waals surface area contributed by atoms with Gasteiger partial charge in [-0.3, -0.25) is 19.3 Å². The number of fused-ring (bicyclic) bond motifs is 1. The van der Waals surface area contributed by atoms with E-state index in [1.165, 1.54) is 24.8 Å². The number of amides is 3. The molecule has 0 spiro atoms. The SMILES string of the molecule is O=C1CC[C@@H](C(=O)NCc2cccc(CN3CCCCC3)c2)NC(=O)c2cc(Cl)ccc2OCCCCCN1. The lowest BCUT2D eigenvalue weighted by molar-refractivity contribution is -0.124. The van der Waals surface area contributed by atoms with E-state index < -0.39 is 11.9 Å². The number of piperidine rings is 1. The molecule has 1 atom stereocenters. The summed E-state index contributed by atoms with van der Waals surface area (Å²) in [4.78, 5) is 41.4. The molecule has 39 heavy (non-hydrogen) atoms. The molecule has 3 amide bonds. The van der Waals surface area contributed by atoms with Crippen molar-refractivity contribution in [1.82, 2.24) is 20.9 Å². The maximum atomic E-state index is 13.3. The molecule has 0 aromatic heterocycles. The minimum absolute atomic E-state index is 0.128. The summed E-state index contributed by atoms with van der Waals surface area (Å²) in [6.45, 7) is 4.49. The molecule has 2 heterocycles. The largest absolute Gasteiger partial charge is 0.493 e. The minimum atomic E-state index is -0.892. The third-order valence-corrected chi connectivity index (χ3v) is 7.42. The number of halogens is 1. The lowest BCUT2D eigenvalue weighted by Gasteiger charge is -2.26. The maximum absolute atomic E-state index is 13.3. The van der Waals surface area contributed by atoms with E-state index in [-0.39, 0.29) is 30.2 Å². The van der Waals surface area contributed by atoms with Crippen LogP contribution >= 0.6 is 11.6 Å². The summed E-state index contributed by atoms with van der Waals surface area (Å²) in [5.41, 5.74) is 2.48. The van der Waals surface area contributed by atoms with Crippen molar-refractivity contribution >= 4 is 29.3 Å². The van der Waals surface area contributed by atoms with Crippen LogP contribution in [0.25, 0.3) is 0 Å². The van der Waals surface area contributed by atoms with Crippen LogP contribution in [0.5, 0.6) is 5.75 Å². The Morgan fingerprint density at radius 2 is 1.79 bits per heavy atom. The predicted molar refractivity (Wildman–Crippen MR) is 152 cm³/mol. The Kier molecular flexibility index (Phi) is 11.0. The lowest BCUT2D eigenvalue weighted by Crippen LogP contribution is -2.47. The molecule has 9 heteroatoms. The molecule has 1 fully saturated rings. The molecule has 3 N–H and O–H groups in total. The van der Waals surface area contributed by atoms with Gasteiger partial charge in [-0.25, -0.2) is 0 Å². The van der Waals surface area contributed by atoms with Crippen LogP contribution in [-0.4, -0.2) is 54.9 Å². The second-order valence-corrected chi connectivity index (χ2v) is 10.8. The van der Waals surface area contributed by atoms with Crippen LogP contribution in [-0.2, 0) is 22.7 Å². The third-order valence-electron chi connectivity index (χ3n) is 7.18. The molecule has 2 aromatic rings. The van der Waals surface area contributed by atoms with Crippen molar-refractivity contribution in [3.63, 3.8) is 0 Å². The molecule has 1 saturated heterocycles. The van der Waals surface area contributed by atoms with E-state index in [2.05, 4.69) is 33.0 Å². The van der Waals surface area contributed by atoms with Gasteiger partial charge in [0.15, 0.2) is 0 Å². The topological polar surface area (TPSA) is 99.8 Å². The summed E-state index contributed by atoms with van der Waals surface area (Å²) in [6, 6.07) is 12.2. The first-order chi connectivity index (χ1) is 19.0. The molecule has 0 aliphatic carbocycles. The zero-order valence-corrected chi connectivity index (χ0v) is 23.2. The predicted octanol–water partition coefficient (Wildman–Crippen LogP) is 4.20. The Morgan fingerprint density at radius 3 is 2.64 bits per heavy atom. The standard InChI is InChI=1S/C30H39ClN4O4/c31-24-10-12-27-25(19-24)29(37)34-26(11-13-28(36)32-14-3-1-6-17-39-27)30(38)33-20-22-8-7-9-23(18-22)21-35-15-4-2-5-16-35/h7-10,12,18-19,26H,1-6,11,13-17,20-21H2,(H,32,36)(H,33,38)(H,34,37)/t26-/m0/s1. The van der Waals surface area contributed by atoms with E-state index >= 15 is 0 Å². The van der Waals surface area contributed by atoms with Crippen LogP contribution in [0.2, 0.25) is 5.02 Å². The van der Waals surface area contributed by atoms with E-state index in [0.717, 1.165) is 44.5 Å². The van der Waals surface area contributed by atoms with Gasteiger partial charge in [-0.2, -0.15) is 0 Å². The lowest BCUT2D eigenvalue weighted by atomic mass is 10.1. The first-order valence-electron chi connectivity index (χ1n) is 14.1. The van der Waals surface area contributed by atoms with Gasteiger partial charge >= 0.3 is 0 Å². The van der Waals surface area contributed by atoms with E-state index in [1.807, 2.05) is 12.1 Å². The summed E-state index contributed by atoms with van der Waals surface area (Å²) in [5.74, 6) is -0.523. The second-order valence-electron chi connectivity index (χ2n) is 10.3. The van der Waals surface area contributed by atoms with E-state index in [0.29, 0.717) is 30.5 Å². The number of hydrogen-bond donors (Lipinski definition) is 3. The van der Waals surface area contributed by atoms with Gasteiger partial charge in [-0.1, -0.05) is 42.3 Å². The van der Waals surface area contributed by atoms with Crippen LogP contribution in [0.3, 0.4) is 0 Å². The number of nitrogens with one attached hydrogen (secondary N) is 3. The molecule has 210 valence electrons. The number of hydrogen-bond acceptors (Lipinski definition) is 5. The molecule has 2 aliphatic rings. The number of carbonyl (C=O) groups excluding carboxylic acids is 3. The van der Waals surface area contributed by atoms with Gasteiger partial charge in [-0.15, -0.1) is 0 Å². The van der Waals surface area contributed by atoms with Crippen LogP contribution in [0.4, 0.5) is 0 Å². The average Bonchev–Trinajstić information content (AvgIpc) is 2.94. The van der Waals surface area contributed by atoms with E-state index in [9.17, 15) is 14.4 Å². The van der Waals surface area contributed by atoms with Gasteiger partial charge in [-0.05, 0) is 80.9 Å². The number of nitrogens with zero attached hydrogens (tertiary/aromatic N) is 1. The molecule has 2 aliphatic heterocycles. The molecule has 4 rings (SSSR count). The van der Waals surface area contributed by atoms with Crippen molar-refractivity contribution in [2.45, 2.75) is 70.5 Å². The van der Waals surface area contributed by atoms with Crippen molar-refractivity contribution in [2.75, 3.05) is 26.2 Å². The molecule has 0 bridgehead atoms. The number of benzene rings is 2. The highest BCUT2D eigenvalue weighted by atomic mass is 35.5. The van der Waals surface area contributed by atoms with Gasteiger partial charge in [0.05, 0.1) is 12.2 Å². The van der Waals surface area contributed by atoms with Crippen molar-refractivity contribution in [1.29, 1.82) is 0 Å². The fourth-order valence-corrected chi connectivity index (χ4v) is 5.19. The first-order valence-corrected chi connectivity index (χ1v) is 14.4. The van der Waals surface area contributed by atoms with Crippen LogP contribution in [0.1, 0.15) is 72.9 Å². The monoisotopic (exact) mass is 554 g/mol. The highest BCUT2D eigenvalue weighted by Gasteiger charge is 2.24. The van der Waals surface area contributed by atoms with Gasteiger partial charge in [0, 0.05) is 31.1 Å². The first kappa shape index (κ1) is 28.9. The number of carbonyl (C=O) groups is 3. The smallest absolute Gasteiger partial charge is 0.255 e. The molecule has 0 unspecified atom stereocenters. The van der Waals surface area contributed by atoms with Crippen molar-refractivity contribution < 1.29 is 19.1 Å². The normalized spacial score (nSPS) is 19.9. The average molecular weight is 555 g/mol. The molecule has 0 radical (unpaired) electrons. The minimum Gasteiger partial charge on any atom is -0.493 e. The fraction of sp³-hybridized carbons (Fsp3) is 0.500. The molecule has 0 saturated carbocycles. The van der Waals surface area contributed by atoms with Crippen LogP contribution in [0.15, 0.2) is 42.5 Å². The number of ether oxygens (including phenoxy) is 1. The third kappa shape index (κ3) is 9.25. The quantitative estimate of drug-likeness (QED) is 0.514. The second kappa shape index (κ2) is 14.9. The van der Waals surface area contributed by atoms with Crippen LogP contribution in [0, 0.1) is 0 Å². The number of rotatable bonds is 5. The zero-order valence-electron chi connectivity index (χ0n) is 22.5. The Morgan fingerprint density at radius 1 is 1.00 bits per heavy atom. The molecular weight excluding hydrogens is 516 g/mol. The molecule has 2 aromatic carbocycles. The Labute approximate surface area is 235 Å². The summed E-state index contributed by atoms with van der Waals surface area (Å²) in [7, 11) is 0. The van der Waals surface area contributed by atoms with E-state index in [4.69, 9.17) is 16.3 Å². The Bertz CT molecular complexity index is 1140. The summed E-state index contributed by atoms with van der Waals surface area (Å²) in [6.07, 6.45) is 6.60. The van der Waals surface area contributed by atoms with Gasteiger partial charge in [0.25, 0.3) is 5.91 Å². The molecular formula is C30H39ClN4O4. The van der Waals surface area contributed by atoms with Gasteiger partial charge in [0.1, 0.15) is 11.8 Å². The summed E-state index contributed by atoms with van der Waals surface area (Å²) in [5, 5.41) is 9.07. The molecule has 8 nitrogen and oxygen atoms in total. The maximum Gasteiger partial charge on any atom is 0.255 e. The van der Waals surface area contributed by atoms with Crippen molar-refractivity contribution in [2.24, 2.45) is 0 Å². The highest BCUT2D eigenvalue weighted by molar-refractivity contribution is 6.31. The van der Waals surface area contributed by atoms with Gasteiger partial charge in [0.2, 0.25) is 11.8 Å². The van der Waals surface area contributed by atoms with Gasteiger partial charge < -0.3 is 20.7 Å². The highest BCUT2D eigenvalue weighted by Crippen LogP contribution is 2.24. The summed E-state index contributed by atoms with van der Waals surface area (Å²) < 4.78 is 5.87. The summed E-state index contributed by atoms with van der Waals surface area (Å²) >= 11 is 6.18. The van der Waals surface area contributed by atoms with E-state index in [1.54, 1.807) is 18.2 Å². The number of likely N-dealkylation sites (tertiary alicyclic amines) is 1. The van der Waals surface area contributed by atoms with Crippen molar-refractivity contribution in [3.05, 3.63) is 64.2 Å². The van der Waals surface area contributed by atoms with Crippen molar-refractivity contribution in [3.8, 4) is 5.75 Å². The Balaban J connectivity index is 1.43.